The highest BCUT2D eigenvalue weighted by molar-refractivity contribution is 7.91. The SMILES string of the molecule is O=C(/C=C/c1cc(Cl)cc(Cl)c1)NC1CCS(=O)(=O)C1. The molecular formula is C13H13Cl2NO3S. The first-order valence-corrected chi connectivity index (χ1v) is 8.57. The zero-order chi connectivity index (χ0) is 14.8. The van der Waals surface area contributed by atoms with Gasteiger partial charge >= 0.3 is 0 Å². The molecule has 1 aromatic rings. The van der Waals surface area contributed by atoms with E-state index in [-0.39, 0.29) is 23.5 Å². The van der Waals surface area contributed by atoms with Gasteiger partial charge in [0.1, 0.15) is 0 Å². The summed E-state index contributed by atoms with van der Waals surface area (Å²) in [6, 6.07) is 4.65. The summed E-state index contributed by atoms with van der Waals surface area (Å²) in [6.45, 7) is 0. The van der Waals surface area contributed by atoms with Crippen LogP contribution in [0.2, 0.25) is 10.0 Å². The van der Waals surface area contributed by atoms with Crippen LogP contribution in [0.25, 0.3) is 6.08 Å². The van der Waals surface area contributed by atoms with E-state index in [2.05, 4.69) is 5.32 Å². The molecule has 1 unspecified atom stereocenters. The van der Waals surface area contributed by atoms with Gasteiger partial charge in [-0.15, -0.1) is 0 Å². The van der Waals surface area contributed by atoms with Gasteiger partial charge in [0.2, 0.25) is 5.91 Å². The molecule has 4 nitrogen and oxygen atoms in total. The van der Waals surface area contributed by atoms with E-state index in [0.717, 1.165) is 0 Å². The van der Waals surface area contributed by atoms with Crippen molar-refractivity contribution in [3.8, 4) is 0 Å². The summed E-state index contributed by atoms with van der Waals surface area (Å²) in [6.07, 6.45) is 3.38. The third-order valence-electron chi connectivity index (χ3n) is 2.89. The Bertz CT molecular complexity index is 635. The number of halogens is 2. The number of hydrogen-bond donors (Lipinski definition) is 1. The Hall–Kier alpha value is -1.04. The van der Waals surface area contributed by atoms with Gasteiger partial charge in [-0.3, -0.25) is 4.79 Å². The van der Waals surface area contributed by atoms with Crippen molar-refractivity contribution in [1.29, 1.82) is 0 Å². The lowest BCUT2D eigenvalue weighted by atomic mass is 10.2. The average molecular weight is 334 g/mol. The second-order valence-electron chi connectivity index (χ2n) is 4.64. The minimum atomic E-state index is -2.99. The summed E-state index contributed by atoms with van der Waals surface area (Å²) in [5.41, 5.74) is 0.705. The van der Waals surface area contributed by atoms with Crippen molar-refractivity contribution in [1.82, 2.24) is 5.32 Å². The molecule has 1 N–H and O–H groups in total. The van der Waals surface area contributed by atoms with Gasteiger partial charge in [0.15, 0.2) is 9.84 Å². The molecule has 0 aromatic heterocycles. The van der Waals surface area contributed by atoms with Crippen LogP contribution in [0.1, 0.15) is 12.0 Å². The highest BCUT2D eigenvalue weighted by Crippen LogP contribution is 2.19. The molecule has 2 rings (SSSR count). The molecule has 20 heavy (non-hydrogen) atoms. The van der Waals surface area contributed by atoms with Crippen molar-refractivity contribution < 1.29 is 13.2 Å². The van der Waals surface area contributed by atoms with Gasteiger partial charge in [-0.2, -0.15) is 0 Å². The van der Waals surface area contributed by atoms with Crippen molar-refractivity contribution in [2.24, 2.45) is 0 Å². The molecule has 0 radical (unpaired) electrons. The molecule has 1 fully saturated rings. The quantitative estimate of drug-likeness (QED) is 0.863. The Balaban J connectivity index is 1.96. The number of sulfone groups is 1. The third-order valence-corrected chi connectivity index (χ3v) is 5.10. The van der Waals surface area contributed by atoms with Crippen LogP contribution < -0.4 is 5.32 Å². The van der Waals surface area contributed by atoms with Gasteiger partial charge in [-0.05, 0) is 36.3 Å². The molecule has 0 aliphatic carbocycles. The minimum Gasteiger partial charge on any atom is -0.349 e. The number of nitrogens with one attached hydrogen (secondary N) is 1. The van der Waals surface area contributed by atoms with Gasteiger partial charge < -0.3 is 5.32 Å². The lowest BCUT2D eigenvalue weighted by Gasteiger charge is -2.07. The Morgan fingerprint density at radius 1 is 1.25 bits per heavy atom. The maximum absolute atomic E-state index is 11.7. The summed E-state index contributed by atoms with van der Waals surface area (Å²) in [4.78, 5) is 11.7. The smallest absolute Gasteiger partial charge is 0.244 e. The van der Waals surface area contributed by atoms with Crippen molar-refractivity contribution in [2.75, 3.05) is 11.5 Å². The summed E-state index contributed by atoms with van der Waals surface area (Å²) in [5, 5.41) is 3.63. The van der Waals surface area contributed by atoms with E-state index >= 15 is 0 Å². The van der Waals surface area contributed by atoms with E-state index in [4.69, 9.17) is 23.2 Å². The number of rotatable bonds is 3. The predicted molar refractivity (Wildman–Crippen MR) is 80.7 cm³/mol. The Morgan fingerprint density at radius 3 is 2.45 bits per heavy atom. The second kappa shape index (κ2) is 6.16. The highest BCUT2D eigenvalue weighted by atomic mass is 35.5. The van der Waals surface area contributed by atoms with Gasteiger partial charge in [0, 0.05) is 22.2 Å². The number of benzene rings is 1. The van der Waals surface area contributed by atoms with Gasteiger partial charge in [-0.1, -0.05) is 23.2 Å². The molecular weight excluding hydrogens is 321 g/mol. The first-order valence-electron chi connectivity index (χ1n) is 5.99. The minimum absolute atomic E-state index is 0.00950. The largest absolute Gasteiger partial charge is 0.349 e. The highest BCUT2D eigenvalue weighted by Gasteiger charge is 2.28. The van der Waals surface area contributed by atoms with Gasteiger partial charge in [0.05, 0.1) is 11.5 Å². The van der Waals surface area contributed by atoms with Crippen molar-refractivity contribution >= 4 is 45.0 Å². The Morgan fingerprint density at radius 2 is 1.90 bits per heavy atom. The normalized spacial score (nSPS) is 21.2. The standard InChI is InChI=1S/C13H13Cl2NO3S/c14-10-5-9(6-11(15)7-10)1-2-13(17)16-12-3-4-20(18,19)8-12/h1-2,5-7,12H,3-4,8H2,(H,16,17)/b2-1+. The predicted octanol–water partition coefficient (Wildman–Crippen LogP) is 2.31. The Kier molecular flexibility index (Phi) is 4.73. The summed E-state index contributed by atoms with van der Waals surface area (Å²) >= 11 is 11.7. The lowest BCUT2D eigenvalue weighted by molar-refractivity contribution is -0.116. The fourth-order valence-electron chi connectivity index (χ4n) is 2.00. The van der Waals surface area contributed by atoms with Crippen LogP contribution in [0.3, 0.4) is 0 Å². The third kappa shape index (κ3) is 4.51. The van der Waals surface area contributed by atoms with E-state index in [1.807, 2.05) is 0 Å². The van der Waals surface area contributed by atoms with Crippen LogP contribution in [0.4, 0.5) is 0 Å². The molecule has 1 aliphatic heterocycles. The summed E-state index contributed by atoms with van der Waals surface area (Å²) in [5.74, 6) is -0.190. The number of hydrogen-bond acceptors (Lipinski definition) is 3. The summed E-state index contributed by atoms with van der Waals surface area (Å²) < 4.78 is 22.6. The summed E-state index contributed by atoms with van der Waals surface area (Å²) in [7, 11) is -2.99. The molecule has 1 amide bonds. The van der Waals surface area contributed by atoms with E-state index in [1.54, 1.807) is 24.3 Å². The van der Waals surface area contributed by atoms with Crippen molar-refractivity contribution in [3.63, 3.8) is 0 Å². The fraction of sp³-hybridized carbons (Fsp3) is 0.308. The van der Waals surface area contributed by atoms with E-state index in [1.165, 1.54) is 6.08 Å². The van der Waals surface area contributed by atoms with E-state index < -0.39 is 9.84 Å². The molecule has 1 saturated heterocycles. The maximum atomic E-state index is 11.7. The number of carbonyl (C=O) groups excluding carboxylic acids is 1. The first-order chi connectivity index (χ1) is 9.34. The molecule has 1 atom stereocenters. The second-order valence-corrected chi connectivity index (χ2v) is 7.75. The first kappa shape index (κ1) is 15.4. The molecule has 7 heteroatoms. The van der Waals surface area contributed by atoms with E-state index in [0.29, 0.717) is 22.0 Å². The molecule has 0 saturated carbocycles. The molecule has 1 heterocycles. The molecule has 1 aliphatic rings. The molecule has 0 bridgehead atoms. The monoisotopic (exact) mass is 333 g/mol. The molecule has 1 aromatic carbocycles. The zero-order valence-electron chi connectivity index (χ0n) is 10.5. The molecule has 108 valence electrons. The van der Waals surface area contributed by atoms with E-state index in [9.17, 15) is 13.2 Å². The molecule has 0 spiro atoms. The van der Waals surface area contributed by atoms with Crippen LogP contribution in [0.15, 0.2) is 24.3 Å². The average Bonchev–Trinajstić information content (AvgIpc) is 2.65. The van der Waals surface area contributed by atoms with Crippen LogP contribution in [-0.4, -0.2) is 31.9 Å². The number of carbonyl (C=O) groups is 1. The van der Waals surface area contributed by atoms with Crippen molar-refractivity contribution in [2.45, 2.75) is 12.5 Å². The topological polar surface area (TPSA) is 63.2 Å². The van der Waals surface area contributed by atoms with Crippen molar-refractivity contribution in [3.05, 3.63) is 39.9 Å². The maximum Gasteiger partial charge on any atom is 0.244 e. The lowest BCUT2D eigenvalue weighted by Crippen LogP contribution is -2.34. The van der Waals surface area contributed by atoms with Crippen LogP contribution in [-0.2, 0) is 14.6 Å². The zero-order valence-corrected chi connectivity index (χ0v) is 12.8. The van der Waals surface area contributed by atoms with Crippen LogP contribution >= 0.6 is 23.2 Å². The Labute approximate surface area is 127 Å². The van der Waals surface area contributed by atoms with Gasteiger partial charge in [0.25, 0.3) is 0 Å². The number of amides is 1. The van der Waals surface area contributed by atoms with Crippen LogP contribution in [0.5, 0.6) is 0 Å². The fourth-order valence-corrected chi connectivity index (χ4v) is 4.22. The van der Waals surface area contributed by atoms with Crippen LogP contribution in [0, 0.1) is 0 Å². The van der Waals surface area contributed by atoms with Gasteiger partial charge in [-0.25, -0.2) is 8.42 Å².